The SMILES string of the molecule is Cc1ccc([C@@H](c2nnnn2C[C@@H]2CCCO2)N2CCCC2)cc1. The molecule has 2 saturated heterocycles. The van der Waals surface area contributed by atoms with Crippen LogP contribution in [0.3, 0.4) is 0 Å². The maximum Gasteiger partial charge on any atom is 0.173 e. The lowest BCUT2D eigenvalue weighted by atomic mass is 10.0. The molecule has 0 unspecified atom stereocenters. The van der Waals surface area contributed by atoms with E-state index in [4.69, 9.17) is 4.74 Å². The Hall–Kier alpha value is -1.79. The van der Waals surface area contributed by atoms with E-state index in [1.54, 1.807) is 0 Å². The van der Waals surface area contributed by atoms with Crippen molar-refractivity contribution < 1.29 is 4.74 Å². The van der Waals surface area contributed by atoms with Crippen LogP contribution in [0.4, 0.5) is 0 Å². The number of nitrogens with zero attached hydrogens (tertiary/aromatic N) is 5. The molecule has 2 aromatic rings. The first kappa shape index (κ1) is 15.7. The first-order chi connectivity index (χ1) is 11.8. The summed E-state index contributed by atoms with van der Waals surface area (Å²) in [7, 11) is 0. The van der Waals surface area contributed by atoms with Gasteiger partial charge in [-0.3, -0.25) is 4.90 Å². The first-order valence-electron chi connectivity index (χ1n) is 8.99. The average molecular weight is 327 g/mol. The van der Waals surface area contributed by atoms with Gasteiger partial charge in [0.1, 0.15) is 0 Å². The fourth-order valence-corrected chi connectivity index (χ4v) is 3.79. The van der Waals surface area contributed by atoms with Crippen molar-refractivity contribution in [2.24, 2.45) is 0 Å². The highest BCUT2D eigenvalue weighted by Crippen LogP contribution is 2.30. The molecule has 0 radical (unpaired) electrons. The van der Waals surface area contributed by atoms with Crippen LogP contribution in [0.1, 0.15) is 48.7 Å². The van der Waals surface area contributed by atoms with Crippen molar-refractivity contribution in [2.75, 3.05) is 19.7 Å². The van der Waals surface area contributed by atoms with Crippen LogP contribution in [0.5, 0.6) is 0 Å². The third-order valence-corrected chi connectivity index (χ3v) is 5.10. The zero-order valence-corrected chi connectivity index (χ0v) is 14.3. The van der Waals surface area contributed by atoms with Gasteiger partial charge in [-0.05, 0) is 61.7 Å². The molecule has 0 aliphatic carbocycles. The van der Waals surface area contributed by atoms with Crippen LogP contribution in [0.25, 0.3) is 0 Å². The van der Waals surface area contributed by atoms with E-state index in [1.807, 2.05) is 4.68 Å². The summed E-state index contributed by atoms with van der Waals surface area (Å²) >= 11 is 0. The van der Waals surface area contributed by atoms with Crippen LogP contribution in [-0.4, -0.2) is 50.9 Å². The first-order valence-corrected chi connectivity index (χ1v) is 8.99. The minimum absolute atomic E-state index is 0.129. The van der Waals surface area contributed by atoms with E-state index in [-0.39, 0.29) is 12.1 Å². The summed E-state index contributed by atoms with van der Waals surface area (Å²) in [5, 5.41) is 12.7. The molecule has 3 heterocycles. The second-order valence-corrected chi connectivity index (χ2v) is 6.91. The van der Waals surface area contributed by atoms with E-state index in [1.165, 1.54) is 24.0 Å². The summed E-state index contributed by atoms with van der Waals surface area (Å²) in [5.74, 6) is 0.941. The fraction of sp³-hybridized carbons (Fsp3) is 0.611. The third kappa shape index (κ3) is 3.21. The molecule has 6 nitrogen and oxygen atoms in total. The maximum absolute atomic E-state index is 5.78. The summed E-state index contributed by atoms with van der Waals surface area (Å²) in [6.45, 7) is 5.93. The van der Waals surface area contributed by atoms with Gasteiger partial charge in [0.25, 0.3) is 0 Å². The van der Waals surface area contributed by atoms with Gasteiger partial charge >= 0.3 is 0 Å². The molecule has 1 aromatic heterocycles. The molecule has 6 heteroatoms. The number of rotatable bonds is 5. The van der Waals surface area contributed by atoms with Crippen molar-refractivity contribution in [2.45, 2.75) is 51.3 Å². The normalized spacial score (nSPS) is 23.0. The number of aryl methyl sites for hydroxylation is 1. The van der Waals surface area contributed by atoms with Crippen molar-refractivity contribution >= 4 is 0 Å². The molecule has 128 valence electrons. The Labute approximate surface area is 142 Å². The highest BCUT2D eigenvalue weighted by molar-refractivity contribution is 5.28. The van der Waals surface area contributed by atoms with Gasteiger partial charge < -0.3 is 4.74 Å². The molecule has 0 amide bonds. The number of hydrogen-bond acceptors (Lipinski definition) is 5. The van der Waals surface area contributed by atoms with Crippen molar-refractivity contribution in [3.8, 4) is 0 Å². The molecular formula is C18H25N5O. The predicted molar refractivity (Wildman–Crippen MR) is 90.6 cm³/mol. The average Bonchev–Trinajstić information content (AvgIpc) is 3.34. The second kappa shape index (κ2) is 6.99. The number of hydrogen-bond donors (Lipinski definition) is 0. The van der Waals surface area contributed by atoms with E-state index in [2.05, 4.69) is 51.6 Å². The standard InChI is InChI=1S/C18H25N5O/c1-14-6-8-15(9-7-14)17(22-10-2-3-11-22)18-19-20-21-23(18)13-16-5-4-12-24-16/h6-9,16-17H,2-5,10-13H2,1H3/t16-,17-/m0/s1. The third-order valence-electron chi connectivity index (χ3n) is 5.10. The quantitative estimate of drug-likeness (QED) is 0.844. The highest BCUT2D eigenvalue weighted by Gasteiger charge is 2.30. The van der Waals surface area contributed by atoms with Gasteiger partial charge in [0, 0.05) is 6.61 Å². The summed E-state index contributed by atoms with van der Waals surface area (Å²) in [4.78, 5) is 2.50. The zero-order chi connectivity index (χ0) is 16.4. The number of benzene rings is 1. The molecule has 2 fully saturated rings. The van der Waals surface area contributed by atoms with E-state index in [0.717, 1.165) is 44.9 Å². The largest absolute Gasteiger partial charge is 0.376 e. The van der Waals surface area contributed by atoms with Crippen molar-refractivity contribution in [3.05, 3.63) is 41.2 Å². The molecule has 1 aromatic carbocycles. The van der Waals surface area contributed by atoms with Crippen molar-refractivity contribution in [3.63, 3.8) is 0 Å². The van der Waals surface area contributed by atoms with Crippen LogP contribution in [0.15, 0.2) is 24.3 Å². The van der Waals surface area contributed by atoms with Crippen LogP contribution in [0, 0.1) is 6.92 Å². The Morgan fingerprint density at radius 1 is 1.17 bits per heavy atom. The Morgan fingerprint density at radius 2 is 1.96 bits per heavy atom. The molecule has 0 bridgehead atoms. The molecular weight excluding hydrogens is 302 g/mol. The molecule has 2 atom stereocenters. The number of ether oxygens (including phenoxy) is 1. The zero-order valence-electron chi connectivity index (χ0n) is 14.3. The molecule has 0 spiro atoms. The van der Waals surface area contributed by atoms with Gasteiger partial charge in [0.2, 0.25) is 0 Å². The van der Waals surface area contributed by atoms with Crippen LogP contribution in [-0.2, 0) is 11.3 Å². The number of likely N-dealkylation sites (tertiary alicyclic amines) is 1. The minimum atomic E-state index is 0.129. The van der Waals surface area contributed by atoms with Gasteiger partial charge in [-0.2, -0.15) is 0 Å². The van der Waals surface area contributed by atoms with E-state index >= 15 is 0 Å². The molecule has 2 aliphatic heterocycles. The van der Waals surface area contributed by atoms with Gasteiger partial charge in [-0.15, -0.1) is 5.10 Å². The number of aromatic nitrogens is 4. The Balaban J connectivity index is 1.65. The predicted octanol–water partition coefficient (Wildman–Crippen LogP) is 2.35. The number of tetrazole rings is 1. The van der Waals surface area contributed by atoms with Gasteiger partial charge in [0.05, 0.1) is 18.7 Å². The fourth-order valence-electron chi connectivity index (χ4n) is 3.79. The molecule has 0 saturated carbocycles. The minimum Gasteiger partial charge on any atom is -0.376 e. The van der Waals surface area contributed by atoms with Crippen LogP contribution >= 0.6 is 0 Å². The van der Waals surface area contributed by atoms with Crippen molar-refractivity contribution in [1.29, 1.82) is 0 Å². The molecule has 4 rings (SSSR count). The summed E-state index contributed by atoms with van der Waals surface area (Å²) in [5.41, 5.74) is 2.55. The van der Waals surface area contributed by atoms with E-state index in [9.17, 15) is 0 Å². The van der Waals surface area contributed by atoms with Gasteiger partial charge in [0.15, 0.2) is 5.82 Å². The lowest BCUT2D eigenvalue weighted by molar-refractivity contribution is 0.0913. The second-order valence-electron chi connectivity index (χ2n) is 6.91. The summed E-state index contributed by atoms with van der Waals surface area (Å²) in [6.07, 6.45) is 4.96. The van der Waals surface area contributed by atoms with Crippen LogP contribution in [0.2, 0.25) is 0 Å². The molecule has 24 heavy (non-hydrogen) atoms. The smallest absolute Gasteiger partial charge is 0.173 e. The Kier molecular flexibility index (Phi) is 4.58. The lowest BCUT2D eigenvalue weighted by Gasteiger charge is -2.27. The monoisotopic (exact) mass is 327 g/mol. The van der Waals surface area contributed by atoms with Crippen LogP contribution < -0.4 is 0 Å². The van der Waals surface area contributed by atoms with Crippen molar-refractivity contribution in [1.82, 2.24) is 25.1 Å². The molecule has 0 N–H and O–H groups in total. The summed E-state index contributed by atoms with van der Waals surface area (Å²) in [6, 6.07) is 8.90. The van der Waals surface area contributed by atoms with E-state index < -0.39 is 0 Å². The Morgan fingerprint density at radius 3 is 2.67 bits per heavy atom. The highest BCUT2D eigenvalue weighted by atomic mass is 16.5. The lowest BCUT2D eigenvalue weighted by Crippen LogP contribution is -2.30. The Bertz CT molecular complexity index is 656. The maximum atomic E-state index is 5.78. The van der Waals surface area contributed by atoms with Gasteiger partial charge in [-0.1, -0.05) is 29.8 Å². The van der Waals surface area contributed by atoms with Gasteiger partial charge in [-0.25, -0.2) is 4.68 Å². The summed E-state index contributed by atoms with van der Waals surface area (Å²) < 4.78 is 7.74. The molecule has 2 aliphatic rings. The van der Waals surface area contributed by atoms with E-state index in [0.29, 0.717) is 0 Å². The topological polar surface area (TPSA) is 56.1 Å².